The third-order valence-corrected chi connectivity index (χ3v) is 6.27. The highest BCUT2D eigenvalue weighted by atomic mass is 32.2. The highest BCUT2D eigenvalue weighted by Crippen LogP contribution is 2.33. The van der Waals surface area contributed by atoms with Gasteiger partial charge in [0.05, 0.1) is 30.6 Å². The zero-order valence-corrected chi connectivity index (χ0v) is 18.5. The molecule has 31 heavy (non-hydrogen) atoms. The smallest absolute Gasteiger partial charge is 0.196 e. The second-order valence-corrected chi connectivity index (χ2v) is 10.1. The van der Waals surface area contributed by atoms with E-state index in [0.717, 1.165) is 22.9 Å². The summed E-state index contributed by atoms with van der Waals surface area (Å²) in [5.41, 5.74) is 3.16. The van der Waals surface area contributed by atoms with Crippen molar-refractivity contribution in [2.75, 3.05) is 19.1 Å². The van der Waals surface area contributed by atoms with Crippen LogP contribution in [0.2, 0.25) is 0 Å². The topological polar surface area (TPSA) is 78.3 Å². The largest absolute Gasteiger partial charge is 0.494 e. The van der Waals surface area contributed by atoms with E-state index >= 15 is 0 Å². The van der Waals surface area contributed by atoms with Crippen molar-refractivity contribution in [3.63, 3.8) is 0 Å². The highest BCUT2D eigenvalue weighted by molar-refractivity contribution is 7.91. The molecule has 0 atom stereocenters. The van der Waals surface area contributed by atoms with Crippen LogP contribution in [0, 0.1) is 5.82 Å². The lowest BCUT2D eigenvalue weighted by atomic mass is 10.2. The number of ketones is 1. The third-order valence-electron chi connectivity index (χ3n) is 4.80. The van der Waals surface area contributed by atoms with Crippen LogP contribution in [0.1, 0.15) is 16.2 Å². The maximum Gasteiger partial charge on any atom is 0.196 e. The molecule has 3 aromatic heterocycles. The predicted octanol–water partition coefficient (Wildman–Crippen LogP) is 4.19. The molecule has 160 valence electrons. The molecule has 0 spiro atoms. The van der Waals surface area contributed by atoms with Gasteiger partial charge in [-0.2, -0.15) is 11.3 Å². The molecule has 4 aromatic rings. The first-order valence-electron chi connectivity index (χ1n) is 9.31. The standard InChI is InChI=1S/C22H19FN2O4S2/c1-29-22-9-15-8-19(14-6-7-30-12-14)25(20(15)10-17(22)23)11-16-4-3-5-18(24-16)21(26)13-31(2,27)28/h3-10,12H,11,13H2,1-2H3. The van der Waals surface area contributed by atoms with Gasteiger partial charge < -0.3 is 9.30 Å². The lowest BCUT2D eigenvalue weighted by molar-refractivity contribution is 0.101. The molecule has 0 saturated heterocycles. The summed E-state index contributed by atoms with van der Waals surface area (Å²) in [4.78, 5) is 16.7. The summed E-state index contributed by atoms with van der Waals surface area (Å²) < 4.78 is 44.4. The van der Waals surface area contributed by atoms with Gasteiger partial charge in [0.2, 0.25) is 0 Å². The molecule has 9 heteroatoms. The maximum atomic E-state index is 14.5. The summed E-state index contributed by atoms with van der Waals surface area (Å²) in [7, 11) is -2.04. The molecule has 0 fully saturated rings. The minimum absolute atomic E-state index is 0.0873. The van der Waals surface area contributed by atoms with Gasteiger partial charge in [-0.15, -0.1) is 0 Å². The van der Waals surface area contributed by atoms with Crippen LogP contribution in [0.5, 0.6) is 5.75 Å². The number of methoxy groups -OCH3 is 1. The Bertz CT molecular complexity index is 1380. The molecular formula is C22H19FN2O4S2. The molecule has 1 aromatic carbocycles. The molecule has 0 unspecified atom stereocenters. The number of rotatable bonds is 7. The molecule has 4 rings (SSSR count). The summed E-state index contributed by atoms with van der Waals surface area (Å²) in [6.07, 6.45) is 1.01. The van der Waals surface area contributed by atoms with Crippen molar-refractivity contribution < 1.29 is 22.3 Å². The van der Waals surface area contributed by atoms with E-state index < -0.39 is 27.2 Å². The van der Waals surface area contributed by atoms with Crippen LogP contribution in [0.4, 0.5) is 4.39 Å². The Morgan fingerprint density at radius 1 is 1.23 bits per heavy atom. The normalized spacial score (nSPS) is 11.7. The molecule has 0 N–H and O–H groups in total. The van der Waals surface area contributed by atoms with Crippen LogP contribution < -0.4 is 4.74 Å². The van der Waals surface area contributed by atoms with Gasteiger partial charge in [-0.1, -0.05) is 6.07 Å². The number of carbonyl (C=O) groups excluding carboxylic acids is 1. The number of ether oxygens (including phenoxy) is 1. The second kappa shape index (κ2) is 8.24. The fraction of sp³-hybridized carbons (Fsp3) is 0.182. The fourth-order valence-corrected chi connectivity index (χ4v) is 4.71. The Kier molecular flexibility index (Phi) is 5.63. The van der Waals surface area contributed by atoms with Crippen molar-refractivity contribution in [2.45, 2.75) is 6.54 Å². The molecule has 0 amide bonds. The number of benzene rings is 1. The molecule has 0 aliphatic rings. The number of nitrogens with zero attached hydrogens (tertiary/aromatic N) is 2. The Morgan fingerprint density at radius 2 is 2.03 bits per heavy atom. The first kappa shape index (κ1) is 21.2. The van der Waals surface area contributed by atoms with Crippen LogP contribution in [0.15, 0.2) is 53.2 Å². The Balaban J connectivity index is 1.79. The van der Waals surface area contributed by atoms with Crippen LogP contribution in [0.3, 0.4) is 0 Å². The summed E-state index contributed by atoms with van der Waals surface area (Å²) in [5, 5.41) is 4.77. The zero-order chi connectivity index (χ0) is 22.2. The Hall–Kier alpha value is -3.04. The summed E-state index contributed by atoms with van der Waals surface area (Å²) in [6.45, 7) is 0.278. The number of thiophene rings is 1. The molecule has 0 bridgehead atoms. The van der Waals surface area contributed by atoms with Crippen LogP contribution >= 0.6 is 11.3 Å². The lowest BCUT2D eigenvalue weighted by Gasteiger charge is -2.11. The number of halogens is 1. The van der Waals surface area contributed by atoms with Gasteiger partial charge in [0.25, 0.3) is 0 Å². The Labute approximate surface area is 182 Å². The molecule has 0 radical (unpaired) electrons. The quantitative estimate of drug-likeness (QED) is 0.388. The van der Waals surface area contributed by atoms with E-state index in [1.807, 2.05) is 27.5 Å². The molecule has 0 aliphatic heterocycles. The van der Waals surface area contributed by atoms with Gasteiger partial charge in [-0.05, 0) is 35.7 Å². The minimum atomic E-state index is -3.46. The average molecular weight is 459 g/mol. The number of aromatic nitrogens is 2. The van der Waals surface area contributed by atoms with Gasteiger partial charge in [0.15, 0.2) is 27.2 Å². The van der Waals surface area contributed by atoms with Gasteiger partial charge in [-0.3, -0.25) is 4.79 Å². The molecule has 0 aliphatic carbocycles. The van der Waals surface area contributed by atoms with E-state index in [0.29, 0.717) is 11.2 Å². The van der Waals surface area contributed by atoms with Crippen LogP contribution in [-0.2, 0) is 16.4 Å². The van der Waals surface area contributed by atoms with Crippen molar-refractivity contribution in [2.24, 2.45) is 0 Å². The average Bonchev–Trinajstić information content (AvgIpc) is 3.35. The van der Waals surface area contributed by atoms with E-state index in [9.17, 15) is 17.6 Å². The van der Waals surface area contributed by atoms with Crippen molar-refractivity contribution >= 4 is 37.9 Å². The molecule has 6 nitrogen and oxygen atoms in total. The summed E-state index contributed by atoms with van der Waals surface area (Å²) >= 11 is 1.55. The third kappa shape index (κ3) is 4.52. The van der Waals surface area contributed by atoms with E-state index in [4.69, 9.17) is 4.74 Å². The first-order chi connectivity index (χ1) is 14.7. The van der Waals surface area contributed by atoms with Gasteiger partial charge >= 0.3 is 0 Å². The van der Waals surface area contributed by atoms with E-state index in [-0.39, 0.29) is 18.0 Å². The van der Waals surface area contributed by atoms with Crippen LogP contribution in [-0.4, -0.2) is 42.9 Å². The SMILES string of the molecule is COc1cc2cc(-c3ccsc3)n(Cc3cccc(C(=O)CS(C)(=O)=O)n3)c2cc1F. The number of sulfone groups is 1. The number of Topliss-reactive ketones (excluding diaryl/α,β-unsaturated/α-hetero) is 1. The molecule has 3 heterocycles. The minimum Gasteiger partial charge on any atom is -0.494 e. The van der Waals surface area contributed by atoms with Crippen LogP contribution in [0.25, 0.3) is 22.2 Å². The number of hydrogen-bond acceptors (Lipinski definition) is 6. The summed E-state index contributed by atoms with van der Waals surface area (Å²) in [5.74, 6) is -1.47. The Morgan fingerprint density at radius 3 is 2.71 bits per heavy atom. The maximum absolute atomic E-state index is 14.5. The van der Waals surface area contributed by atoms with Crippen molar-refractivity contribution in [1.29, 1.82) is 0 Å². The monoisotopic (exact) mass is 458 g/mol. The van der Waals surface area contributed by atoms with E-state index in [2.05, 4.69) is 4.98 Å². The molecular weight excluding hydrogens is 439 g/mol. The van der Waals surface area contributed by atoms with Gasteiger partial charge in [0, 0.05) is 28.7 Å². The second-order valence-electron chi connectivity index (χ2n) is 7.18. The van der Waals surface area contributed by atoms with E-state index in [1.165, 1.54) is 19.2 Å². The molecule has 0 saturated carbocycles. The van der Waals surface area contributed by atoms with Crippen molar-refractivity contribution in [3.8, 4) is 17.0 Å². The van der Waals surface area contributed by atoms with Crippen molar-refractivity contribution in [1.82, 2.24) is 9.55 Å². The predicted molar refractivity (Wildman–Crippen MR) is 119 cm³/mol. The zero-order valence-electron chi connectivity index (χ0n) is 16.8. The van der Waals surface area contributed by atoms with Gasteiger partial charge in [0.1, 0.15) is 11.4 Å². The number of carbonyl (C=O) groups is 1. The number of pyridine rings is 1. The number of hydrogen-bond donors (Lipinski definition) is 0. The number of fused-ring (bicyclic) bond motifs is 1. The fourth-order valence-electron chi connectivity index (χ4n) is 3.44. The lowest BCUT2D eigenvalue weighted by Crippen LogP contribution is -2.16. The summed E-state index contributed by atoms with van der Waals surface area (Å²) in [6, 6.07) is 11.9. The first-order valence-corrected chi connectivity index (χ1v) is 12.3. The highest BCUT2D eigenvalue weighted by Gasteiger charge is 2.18. The van der Waals surface area contributed by atoms with Gasteiger partial charge in [-0.25, -0.2) is 17.8 Å². The van der Waals surface area contributed by atoms with E-state index in [1.54, 1.807) is 29.5 Å². The van der Waals surface area contributed by atoms with Crippen molar-refractivity contribution in [3.05, 3.63) is 70.4 Å².